The van der Waals surface area contributed by atoms with Crippen molar-refractivity contribution in [2.75, 3.05) is 7.05 Å². The lowest BCUT2D eigenvalue weighted by atomic mass is 10.2. The first-order valence-electron chi connectivity index (χ1n) is 7.12. The summed E-state index contributed by atoms with van der Waals surface area (Å²) in [5.74, 6) is 0.749. The third kappa shape index (κ3) is 3.81. The van der Waals surface area contributed by atoms with Gasteiger partial charge in [0.2, 0.25) is 0 Å². The first-order chi connectivity index (χ1) is 11.1. The first kappa shape index (κ1) is 15.8. The summed E-state index contributed by atoms with van der Waals surface area (Å²) in [5.41, 5.74) is 2.08. The van der Waals surface area contributed by atoms with Crippen LogP contribution in [0.15, 0.2) is 59.5 Å². The summed E-state index contributed by atoms with van der Waals surface area (Å²) in [6, 6.07) is 17.7. The smallest absolute Gasteiger partial charge is 0.265 e. The lowest BCUT2D eigenvalue weighted by molar-refractivity contribution is -0.121. The maximum absolute atomic E-state index is 12.0. The second kappa shape index (κ2) is 6.98. The molecule has 3 nitrogen and oxygen atoms in total. The van der Waals surface area contributed by atoms with Crippen LogP contribution in [0.5, 0.6) is 5.75 Å². The highest BCUT2D eigenvalue weighted by Crippen LogP contribution is 2.31. The van der Waals surface area contributed by atoms with Crippen molar-refractivity contribution in [3.05, 3.63) is 70.6 Å². The fraction of sp³-hybridized carbons (Fsp3) is 0.111. The molecule has 0 radical (unpaired) electrons. The molecule has 0 aromatic heterocycles. The highest BCUT2D eigenvalue weighted by Gasteiger charge is 2.28. The Bertz CT molecular complexity index is 754. The molecule has 2 aromatic rings. The maximum Gasteiger partial charge on any atom is 0.265 e. The summed E-state index contributed by atoms with van der Waals surface area (Å²) in [6.45, 7) is 0.536. The number of benzene rings is 2. The molecule has 23 heavy (non-hydrogen) atoms. The molecule has 0 saturated carbocycles. The van der Waals surface area contributed by atoms with Crippen molar-refractivity contribution in [1.82, 2.24) is 4.90 Å². The molecule has 3 rings (SSSR count). The van der Waals surface area contributed by atoms with Crippen LogP contribution >= 0.6 is 24.0 Å². The van der Waals surface area contributed by atoms with Gasteiger partial charge in [0.15, 0.2) is 0 Å². The molecule has 1 aliphatic rings. The van der Waals surface area contributed by atoms with Crippen molar-refractivity contribution >= 4 is 40.3 Å². The van der Waals surface area contributed by atoms with E-state index in [9.17, 15) is 4.79 Å². The van der Waals surface area contributed by atoms with Gasteiger partial charge in [-0.1, -0.05) is 66.4 Å². The summed E-state index contributed by atoms with van der Waals surface area (Å²) in [4.78, 5) is 14.1. The number of carbonyl (C=O) groups is 1. The number of hydrogen-bond acceptors (Lipinski definition) is 4. The number of carbonyl (C=O) groups excluding carboxylic acids is 1. The zero-order valence-corrected chi connectivity index (χ0v) is 14.2. The van der Waals surface area contributed by atoms with Crippen LogP contribution in [-0.2, 0) is 11.4 Å². The van der Waals surface area contributed by atoms with Gasteiger partial charge in [0.05, 0.1) is 4.91 Å². The standard InChI is InChI=1S/C18H15NO2S2/c1-19-17(20)16(23-18(19)22)11-13-7-9-15(10-8-13)21-12-14-5-3-2-4-6-14/h2-11H,12H2,1H3/b16-11+. The van der Waals surface area contributed by atoms with Crippen LogP contribution < -0.4 is 4.74 Å². The molecule has 0 N–H and O–H groups in total. The minimum atomic E-state index is -0.0515. The summed E-state index contributed by atoms with van der Waals surface area (Å²) < 4.78 is 6.34. The zero-order valence-electron chi connectivity index (χ0n) is 12.6. The van der Waals surface area contributed by atoms with E-state index in [4.69, 9.17) is 17.0 Å². The lowest BCUT2D eigenvalue weighted by Crippen LogP contribution is -2.22. The average Bonchev–Trinajstić information content (AvgIpc) is 2.82. The minimum absolute atomic E-state index is 0.0515. The SMILES string of the molecule is CN1C(=O)/C(=C\c2ccc(OCc3ccccc3)cc2)SC1=S. The molecule has 1 heterocycles. The van der Waals surface area contributed by atoms with Gasteiger partial charge in [-0.25, -0.2) is 0 Å². The number of thiocarbonyl (C=S) groups is 1. The van der Waals surface area contributed by atoms with Gasteiger partial charge in [0, 0.05) is 7.05 Å². The van der Waals surface area contributed by atoms with E-state index in [0.29, 0.717) is 15.8 Å². The number of amides is 1. The fourth-order valence-electron chi connectivity index (χ4n) is 2.10. The van der Waals surface area contributed by atoms with Crippen LogP contribution in [0, 0.1) is 0 Å². The Hall–Kier alpha value is -2.11. The Kier molecular flexibility index (Phi) is 4.79. The predicted molar refractivity (Wildman–Crippen MR) is 98.2 cm³/mol. The number of thioether (sulfide) groups is 1. The summed E-state index contributed by atoms with van der Waals surface area (Å²) in [5, 5.41) is 0. The highest BCUT2D eigenvalue weighted by molar-refractivity contribution is 8.26. The molecule has 2 aromatic carbocycles. The second-order valence-corrected chi connectivity index (χ2v) is 6.76. The van der Waals surface area contributed by atoms with E-state index in [-0.39, 0.29) is 5.91 Å². The van der Waals surface area contributed by atoms with Gasteiger partial charge in [-0.05, 0) is 29.3 Å². The Morgan fingerprint density at radius 2 is 1.83 bits per heavy atom. The van der Waals surface area contributed by atoms with E-state index in [1.165, 1.54) is 16.7 Å². The molecule has 0 bridgehead atoms. The molecule has 5 heteroatoms. The van der Waals surface area contributed by atoms with Crippen LogP contribution in [0.4, 0.5) is 0 Å². The lowest BCUT2D eigenvalue weighted by Gasteiger charge is -2.06. The highest BCUT2D eigenvalue weighted by atomic mass is 32.2. The molecule has 0 spiro atoms. The Morgan fingerprint density at radius 3 is 2.43 bits per heavy atom. The molecular formula is C18H15NO2S2. The van der Waals surface area contributed by atoms with Crippen molar-refractivity contribution in [3.8, 4) is 5.75 Å². The number of likely N-dealkylation sites (N-methyl/N-ethyl adjacent to an activating group) is 1. The van der Waals surface area contributed by atoms with E-state index in [1.807, 2.05) is 60.7 Å². The number of rotatable bonds is 4. The van der Waals surface area contributed by atoms with Crippen LogP contribution in [-0.4, -0.2) is 22.2 Å². The van der Waals surface area contributed by atoms with Crippen LogP contribution in [0.3, 0.4) is 0 Å². The van der Waals surface area contributed by atoms with E-state index in [0.717, 1.165) is 16.9 Å². The third-order valence-electron chi connectivity index (χ3n) is 3.41. The van der Waals surface area contributed by atoms with Crippen LogP contribution in [0.25, 0.3) is 6.08 Å². The van der Waals surface area contributed by atoms with Gasteiger partial charge in [-0.2, -0.15) is 0 Å². The van der Waals surface area contributed by atoms with Crippen LogP contribution in [0.2, 0.25) is 0 Å². The molecule has 0 atom stereocenters. The molecule has 1 saturated heterocycles. The molecule has 0 aliphatic carbocycles. The van der Waals surface area contributed by atoms with Gasteiger partial charge in [-0.3, -0.25) is 9.69 Å². The normalized spacial score (nSPS) is 16.2. The molecule has 1 amide bonds. The molecule has 116 valence electrons. The number of hydrogen-bond donors (Lipinski definition) is 0. The van der Waals surface area contributed by atoms with E-state index >= 15 is 0 Å². The topological polar surface area (TPSA) is 29.5 Å². The average molecular weight is 341 g/mol. The minimum Gasteiger partial charge on any atom is -0.489 e. The Labute approximate surface area is 144 Å². The summed E-state index contributed by atoms with van der Waals surface area (Å²) >= 11 is 6.45. The molecule has 1 fully saturated rings. The van der Waals surface area contributed by atoms with Crippen molar-refractivity contribution in [2.45, 2.75) is 6.61 Å². The van der Waals surface area contributed by atoms with Gasteiger partial charge in [0.1, 0.15) is 16.7 Å². The van der Waals surface area contributed by atoms with E-state index in [1.54, 1.807) is 7.05 Å². The van der Waals surface area contributed by atoms with Crippen molar-refractivity contribution in [2.24, 2.45) is 0 Å². The van der Waals surface area contributed by atoms with Gasteiger partial charge in [0.25, 0.3) is 5.91 Å². The van der Waals surface area contributed by atoms with Crippen molar-refractivity contribution in [1.29, 1.82) is 0 Å². The van der Waals surface area contributed by atoms with Crippen molar-refractivity contribution < 1.29 is 9.53 Å². The van der Waals surface area contributed by atoms with Gasteiger partial charge >= 0.3 is 0 Å². The third-order valence-corrected chi connectivity index (χ3v) is 4.90. The second-order valence-electron chi connectivity index (χ2n) is 5.08. The Morgan fingerprint density at radius 1 is 1.13 bits per heavy atom. The zero-order chi connectivity index (χ0) is 16.2. The van der Waals surface area contributed by atoms with E-state index in [2.05, 4.69) is 0 Å². The van der Waals surface area contributed by atoms with Crippen LogP contribution in [0.1, 0.15) is 11.1 Å². The molecule has 0 unspecified atom stereocenters. The Balaban J connectivity index is 1.66. The molecule has 1 aliphatic heterocycles. The van der Waals surface area contributed by atoms with Crippen molar-refractivity contribution in [3.63, 3.8) is 0 Å². The summed E-state index contributed by atoms with van der Waals surface area (Å²) in [6.07, 6.45) is 1.85. The van der Waals surface area contributed by atoms with Gasteiger partial charge < -0.3 is 4.74 Å². The maximum atomic E-state index is 12.0. The largest absolute Gasteiger partial charge is 0.489 e. The molecular weight excluding hydrogens is 326 g/mol. The quantitative estimate of drug-likeness (QED) is 0.619. The monoisotopic (exact) mass is 341 g/mol. The van der Waals surface area contributed by atoms with E-state index < -0.39 is 0 Å². The summed E-state index contributed by atoms with van der Waals surface area (Å²) in [7, 11) is 1.69. The first-order valence-corrected chi connectivity index (χ1v) is 8.34. The predicted octanol–water partition coefficient (Wildman–Crippen LogP) is 4.10. The number of nitrogens with zero attached hydrogens (tertiary/aromatic N) is 1. The van der Waals surface area contributed by atoms with Gasteiger partial charge in [-0.15, -0.1) is 0 Å². The number of ether oxygens (including phenoxy) is 1. The fourth-order valence-corrected chi connectivity index (χ4v) is 3.28.